The highest BCUT2D eigenvalue weighted by Crippen LogP contribution is 2.31. The van der Waals surface area contributed by atoms with Crippen molar-refractivity contribution in [3.8, 4) is 11.4 Å². The van der Waals surface area contributed by atoms with Crippen molar-refractivity contribution in [2.75, 3.05) is 13.1 Å². The van der Waals surface area contributed by atoms with Crippen LogP contribution in [0.15, 0.2) is 42.7 Å². The third kappa shape index (κ3) is 4.04. The lowest BCUT2D eigenvalue weighted by Gasteiger charge is -2.32. The first-order chi connectivity index (χ1) is 12.3. The number of likely N-dealkylation sites (tertiary alicyclic amines) is 1. The van der Waals surface area contributed by atoms with Crippen molar-refractivity contribution in [1.82, 2.24) is 20.2 Å². The highest BCUT2D eigenvalue weighted by atomic mass is 16.2. The molecule has 0 atom stereocenters. The summed E-state index contributed by atoms with van der Waals surface area (Å²) >= 11 is 0. The third-order valence-electron chi connectivity index (χ3n) is 5.07. The van der Waals surface area contributed by atoms with Gasteiger partial charge in [0.15, 0.2) is 5.82 Å². The lowest BCUT2D eigenvalue weighted by molar-refractivity contribution is -0.133. The molecule has 2 aromatic rings. The summed E-state index contributed by atoms with van der Waals surface area (Å²) in [4.78, 5) is 23.1. The summed E-state index contributed by atoms with van der Waals surface area (Å²) < 4.78 is 0. The fourth-order valence-electron chi connectivity index (χ4n) is 3.34. The highest BCUT2D eigenvalue weighted by Gasteiger charge is 2.34. The van der Waals surface area contributed by atoms with E-state index in [0.717, 1.165) is 62.3 Å². The Kier molecular flexibility index (Phi) is 4.74. The van der Waals surface area contributed by atoms with E-state index in [9.17, 15) is 4.79 Å². The molecule has 25 heavy (non-hydrogen) atoms. The Morgan fingerprint density at radius 1 is 1.04 bits per heavy atom. The van der Waals surface area contributed by atoms with Crippen LogP contribution < -0.4 is 5.32 Å². The van der Waals surface area contributed by atoms with Crippen LogP contribution in [0, 0.1) is 5.92 Å². The van der Waals surface area contributed by atoms with Crippen LogP contribution in [0.4, 0.5) is 0 Å². The summed E-state index contributed by atoms with van der Waals surface area (Å²) in [5.74, 6) is 1.48. The molecule has 0 unspecified atom stereocenters. The Morgan fingerprint density at radius 2 is 1.72 bits per heavy atom. The molecule has 2 fully saturated rings. The van der Waals surface area contributed by atoms with Gasteiger partial charge in [-0.1, -0.05) is 30.3 Å². The molecule has 0 bridgehead atoms. The van der Waals surface area contributed by atoms with Crippen molar-refractivity contribution in [2.45, 2.75) is 38.3 Å². The lowest BCUT2D eigenvalue weighted by Crippen LogP contribution is -2.45. The molecule has 2 heterocycles. The quantitative estimate of drug-likeness (QED) is 0.912. The maximum atomic E-state index is 12.1. The van der Waals surface area contributed by atoms with Crippen molar-refractivity contribution in [2.24, 2.45) is 5.92 Å². The van der Waals surface area contributed by atoms with Crippen LogP contribution in [0.25, 0.3) is 11.4 Å². The molecule has 0 spiro atoms. The predicted molar refractivity (Wildman–Crippen MR) is 96.6 cm³/mol. The summed E-state index contributed by atoms with van der Waals surface area (Å²) in [6.07, 6.45) is 8.04. The summed E-state index contributed by atoms with van der Waals surface area (Å²) in [7, 11) is 0. The van der Waals surface area contributed by atoms with Crippen LogP contribution in [0.5, 0.6) is 0 Å². The smallest absolute Gasteiger partial charge is 0.225 e. The molecule has 0 radical (unpaired) electrons. The molecule has 5 nitrogen and oxygen atoms in total. The number of benzene rings is 1. The van der Waals surface area contributed by atoms with Crippen molar-refractivity contribution >= 4 is 5.91 Å². The fourth-order valence-corrected chi connectivity index (χ4v) is 3.34. The molecule has 1 aliphatic carbocycles. The topological polar surface area (TPSA) is 58.1 Å². The van der Waals surface area contributed by atoms with Crippen molar-refractivity contribution in [3.05, 3.63) is 48.3 Å². The van der Waals surface area contributed by atoms with Gasteiger partial charge in [-0.3, -0.25) is 4.79 Å². The molecule has 1 amide bonds. The maximum absolute atomic E-state index is 12.1. The average Bonchev–Trinajstić information content (AvgIpc) is 3.53. The zero-order valence-electron chi connectivity index (χ0n) is 14.4. The maximum Gasteiger partial charge on any atom is 0.225 e. The minimum atomic E-state index is 0.338. The molecule has 5 heteroatoms. The van der Waals surface area contributed by atoms with Gasteiger partial charge in [0, 0.05) is 55.1 Å². The second-order valence-corrected chi connectivity index (χ2v) is 7.04. The first-order valence-electron chi connectivity index (χ1n) is 9.18. The Morgan fingerprint density at radius 3 is 2.36 bits per heavy atom. The minimum Gasteiger partial charge on any atom is -0.342 e. The molecular formula is C20H24N4O. The molecule has 4 rings (SSSR count). The number of carbonyl (C=O) groups excluding carboxylic acids is 1. The number of nitrogens with one attached hydrogen (secondary N) is 1. The van der Waals surface area contributed by atoms with E-state index in [-0.39, 0.29) is 0 Å². The molecule has 1 aliphatic heterocycles. The predicted octanol–water partition coefficient (Wildman–Crippen LogP) is 2.63. The molecule has 130 valence electrons. The molecule has 1 saturated carbocycles. The summed E-state index contributed by atoms with van der Waals surface area (Å²) in [6.45, 7) is 2.54. The van der Waals surface area contributed by atoms with E-state index in [1.165, 1.54) is 0 Å². The number of hydrogen-bond donors (Lipinski definition) is 1. The largest absolute Gasteiger partial charge is 0.342 e. The van der Waals surface area contributed by atoms with Crippen LogP contribution in [0.3, 0.4) is 0 Å². The SMILES string of the molecule is O=C(C1CC1)N1CCC(NCc2cnc(-c3ccccc3)nc2)CC1. The lowest BCUT2D eigenvalue weighted by atomic mass is 10.0. The van der Waals surface area contributed by atoms with E-state index in [1.54, 1.807) is 0 Å². The Hall–Kier alpha value is -2.27. The molecular weight excluding hydrogens is 312 g/mol. The number of aromatic nitrogens is 2. The van der Waals surface area contributed by atoms with E-state index in [0.29, 0.717) is 17.9 Å². The van der Waals surface area contributed by atoms with E-state index in [4.69, 9.17) is 0 Å². The van der Waals surface area contributed by atoms with Crippen LogP contribution in [-0.2, 0) is 11.3 Å². The fraction of sp³-hybridized carbons (Fsp3) is 0.450. The second-order valence-electron chi connectivity index (χ2n) is 7.04. The Labute approximate surface area is 148 Å². The molecule has 1 saturated heterocycles. The zero-order valence-corrected chi connectivity index (χ0v) is 14.4. The molecule has 2 aliphatic rings. The van der Waals surface area contributed by atoms with E-state index in [1.807, 2.05) is 47.6 Å². The second kappa shape index (κ2) is 7.31. The monoisotopic (exact) mass is 336 g/mol. The standard InChI is InChI=1S/C20H24N4O/c25-20(17-6-7-17)24-10-8-18(9-11-24)21-12-15-13-22-19(23-14-15)16-4-2-1-3-5-16/h1-5,13-14,17-18,21H,6-12H2. The van der Waals surface area contributed by atoms with E-state index in [2.05, 4.69) is 15.3 Å². The first-order valence-corrected chi connectivity index (χ1v) is 9.18. The van der Waals surface area contributed by atoms with Crippen molar-refractivity contribution in [1.29, 1.82) is 0 Å². The molecule has 1 aromatic heterocycles. The summed E-state index contributed by atoms with van der Waals surface area (Å²) in [6, 6.07) is 10.5. The van der Waals surface area contributed by atoms with Gasteiger partial charge in [-0.2, -0.15) is 0 Å². The molecule has 1 aromatic carbocycles. The zero-order chi connectivity index (χ0) is 17.1. The molecule has 1 N–H and O–H groups in total. The number of amides is 1. The number of piperidine rings is 1. The Balaban J connectivity index is 1.25. The minimum absolute atomic E-state index is 0.338. The van der Waals surface area contributed by atoms with Gasteiger partial charge in [-0.05, 0) is 25.7 Å². The first kappa shape index (κ1) is 16.2. The van der Waals surface area contributed by atoms with Crippen LogP contribution in [0.1, 0.15) is 31.2 Å². The average molecular weight is 336 g/mol. The Bertz CT molecular complexity index is 704. The number of carbonyl (C=O) groups is 1. The van der Waals surface area contributed by atoms with Gasteiger partial charge in [0.1, 0.15) is 0 Å². The summed E-state index contributed by atoms with van der Waals surface area (Å²) in [5, 5.41) is 3.58. The van der Waals surface area contributed by atoms with E-state index < -0.39 is 0 Å². The van der Waals surface area contributed by atoms with E-state index >= 15 is 0 Å². The number of rotatable bonds is 5. The van der Waals surface area contributed by atoms with Gasteiger partial charge >= 0.3 is 0 Å². The van der Waals surface area contributed by atoms with Crippen LogP contribution in [0.2, 0.25) is 0 Å². The van der Waals surface area contributed by atoms with Gasteiger partial charge < -0.3 is 10.2 Å². The van der Waals surface area contributed by atoms with Crippen LogP contribution >= 0.6 is 0 Å². The number of nitrogens with zero attached hydrogens (tertiary/aromatic N) is 3. The summed E-state index contributed by atoms with van der Waals surface area (Å²) in [5.41, 5.74) is 2.13. The van der Waals surface area contributed by atoms with Gasteiger partial charge in [0.2, 0.25) is 5.91 Å². The van der Waals surface area contributed by atoms with Crippen molar-refractivity contribution in [3.63, 3.8) is 0 Å². The third-order valence-corrected chi connectivity index (χ3v) is 5.07. The van der Waals surface area contributed by atoms with Gasteiger partial charge in [-0.15, -0.1) is 0 Å². The normalized spacial score (nSPS) is 18.3. The van der Waals surface area contributed by atoms with Crippen LogP contribution in [-0.4, -0.2) is 39.9 Å². The number of hydrogen-bond acceptors (Lipinski definition) is 4. The van der Waals surface area contributed by atoms with Gasteiger partial charge in [0.05, 0.1) is 0 Å². The van der Waals surface area contributed by atoms with Gasteiger partial charge in [-0.25, -0.2) is 9.97 Å². The highest BCUT2D eigenvalue weighted by molar-refractivity contribution is 5.81. The van der Waals surface area contributed by atoms with Crippen molar-refractivity contribution < 1.29 is 4.79 Å². The van der Waals surface area contributed by atoms with Gasteiger partial charge in [0.25, 0.3) is 0 Å².